The van der Waals surface area contributed by atoms with Gasteiger partial charge in [-0.1, -0.05) is 41.4 Å². The van der Waals surface area contributed by atoms with Gasteiger partial charge in [-0.15, -0.1) is 0 Å². The number of para-hydroxylation sites is 1. The predicted octanol–water partition coefficient (Wildman–Crippen LogP) is 3.82. The van der Waals surface area contributed by atoms with Crippen molar-refractivity contribution in [2.24, 2.45) is 0 Å². The maximum Gasteiger partial charge on any atom is 0.338 e. The largest absolute Gasteiger partial charge is 0.496 e. The highest BCUT2D eigenvalue weighted by atomic mass is 35.5. The highest BCUT2D eigenvalue weighted by Crippen LogP contribution is 2.20. The van der Waals surface area contributed by atoms with Crippen molar-refractivity contribution in [2.75, 3.05) is 20.8 Å². The van der Waals surface area contributed by atoms with E-state index in [1.54, 1.807) is 14.2 Å². The van der Waals surface area contributed by atoms with E-state index in [-0.39, 0.29) is 18.1 Å². The van der Waals surface area contributed by atoms with Crippen LogP contribution in [0.4, 0.5) is 0 Å². The molecule has 0 radical (unpaired) electrons. The van der Waals surface area contributed by atoms with E-state index in [1.807, 2.05) is 24.3 Å². The Bertz CT molecular complexity index is 759. The lowest BCUT2D eigenvalue weighted by Crippen LogP contribution is -2.31. The third-order valence-corrected chi connectivity index (χ3v) is 3.89. The Morgan fingerprint density at radius 3 is 2.36 bits per heavy atom. The summed E-state index contributed by atoms with van der Waals surface area (Å²) in [5, 5.41) is 0.637. The minimum absolute atomic E-state index is 0.192. The average molecular weight is 382 g/mol. The van der Waals surface area contributed by atoms with Crippen LogP contribution < -0.4 is 4.74 Å². The standard InChI is InChI=1S/C18H17Cl2NO4/c1-21(10-12-5-3-4-6-16(12)24-2)17(22)11-25-18(23)13-7-14(19)9-15(20)8-13/h3-9H,10-11H2,1-2H3. The monoisotopic (exact) mass is 381 g/mol. The molecule has 0 bridgehead atoms. The second kappa shape index (κ2) is 8.74. The molecule has 2 aromatic rings. The molecule has 25 heavy (non-hydrogen) atoms. The van der Waals surface area contributed by atoms with E-state index in [2.05, 4.69) is 0 Å². The summed E-state index contributed by atoms with van der Waals surface area (Å²) >= 11 is 11.7. The summed E-state index contributed by atoms with van der Waals surface area (Å²) in [5.74, 6) is -0.316. The Morgan fingerprint density at radius 1 is 1.08 bits per heavy atom. The van der Waals surface area contributed by atoms with Gasteiger partial charge >= 0.3 is 5.97 Å². The molecule has 2 rings (SSSR count). The zero-order chi connectivity index (χ0) is 18.4. The Hall–Kier alpha value is -2.24. The molecule has 5 nitrogen and oxygen atoms in total. The van der Waals surface area contributed by atoms with Gasteiger partial charge in [0.15, 0.2) is 6.61 Å². The highest BCUT2D eigenvalue weighted by Gasteiger charge is 2.16. The number of benzene rings is 2. The van der Waals surface area contributed by atoms with Gasteiger partial charge in [0.2, 0.25) is 0 Å². The van der Waals surface area contributed by atoms with E-state index in [0.717, 1.165) is 5.56 Å². The van der Waals surface area contributed by atoms with Crippen molar-refractivity contribution < 1.29 is 19.1 Å². The van der Waals surface area contributed by atoms with E-state index >= 15 is 0 Å². The van der Waals surface area contributed by atoms with E-state index in [1.165, 1.54) is 23.1 Å². The first kappa shape index (κ1) is 19.1. The molecule has 0 aliphatic carbocycles. The van der Waals surface area contributed by atoms with Gasteiger partial charge in [-0.25, -0.2) is 4.79 Å². The molecular weight excluding hydrogens is 365 g/mol. The fourth-order valence-corrected chi connectivity index (χ4v) is 2.70. The van der Waals surface area contributed by atoms with Crippen molar-refractivity contribution in [1.29, 1.82) is 0 Å². The molecule has 0 unspecified atom stereocenters. The summed E-state index contributed by atoms with van der Waals surface area (Å²) in [6.07, 6.45) is 0. The van der Waals surface area contributed by atoms with Crippen LogP contribution in [0.1, 0.15) is 15.9 Å². The Kier molecular flexibility index (Phi) is 6.67. The van der Waals surface area contributed by atoms with Crippen molar-refractivity contribution in [3.63, 3.8) is 0 Å². The van der Waals surface area contributed by atoms with Crippen molar-refractivity contribution >= 4 is 35.1 Å². The maximum absolute atomic E-state index is 12.2. The molecule has 1 amide bonds. The van der Waals surface area contributed by atoms with Crippen molar-refractivity contribution in [3.05, 3.63) is 63.6 Å². The molecule has 0 saturated heterocycles. The van der Waals surface area contributed by atoms with Crippen LogP contribution in [0.2, 0.25) is 10.0 Å². The lowest BCUT2D eigenvalue weighted by molar-refractivity contribution is -0.133. The number of carbonyl (C=O) groups is 2. The molecule has 7 heteroatoms. The average Bonchev–Trinajstić information content (AvgIpc) is 2.58. The van der Waals surface area contributed by atoms with Gasteiger partial charge in [0.25, 0.3) is 5.91 Å². The number of carbonyl (C=O) groups excluding carboxylic acids is 2. The summed E-state index contributed by atoms with van der Waals surface area (Å²) in [5.41, 5.74) is 1.05. The van der Waals surface area contributed by atoms with Crippen LogP contribution in [0.3, 0.4) is 0 Å². The van der Waals surface area contributed by atoms with Crippen molar-refractivity contribution in [1.82, 2.24) is 4.90 Å². The number of esters is 1. The van der Waals surface area contributed by atoms with E-state index in [4.69, 9.17) is 32.7 Å². The molecule has 0 aromatic heterocycles. The number of halogens is 2. The van der Waals surface area contributed by atoms with Crippen LogP contribution in [0.25, 0.3) is 0 Å². The smallest absolute Gasteiger partial charge is 0.338 e. The number of methoxy groups -OCH3 is 1. The van der Waals surface area contributed by atoms with Crippen LogP contribution in [-0.2, 0) is 16.1 Å². The minimum atomic E-state index is -0.663. The first-order valence-electron chi connectivity index (χ1n) is 7.39. The Labute approximate surface area is 156 Å². The number of likely N-dealkylation sites (N-methyl/N-ethyl adjacent to an activating group) is 1. The van der Waals surface area contributed by atoms with Crippen LogP contribution in [0, 0.1) is 0 Å². The summed E-state index contributed by atoms with van der Waals surface area (Å²) < 4.78 is 10.3. The number of rotatable bonds is 6. The fraction of sp³-hybridized carbons (Fsp3) is 0.222. The minimum Gasteiger partial charge on any atom is -0.496 e. The molecule has 0 atom stereocenters. The number of amides is 1. The third kappa shape index (κ3) is 5.37. The van der Waals surface area contributed by atoms with Gasteiger partial charge in [0.05, 0.1) is 12.7 Å². The topological polar surface area (TPSA) is 55.8 Å². The predicted molar refractivity (Wildman–Crippen MR) is 96.2 cm³/mol. The second-order valence-electron chi connectivity index (χ2n) is 5.30. The summed E-state index contributed by atoms with van der Waals surface area (Å²) in [6, 6.07) is 11.8. The van der Waals surface area contributed by atoms with Crippen LogP contribution in [0.5, 0.6) is 5.75 Å². The molecule has 132 valence electrons. The first-order valence-corrected chi connectivity index (χ1v) is 8.15. The Morgan fingerprint density at radius 2 is 1.72 bits per heavy atom. The fourth-order valence-electron chi connectivity index (χ4n) is 2.17. The molecule has 0 saturated carbocycles. The van der Waals surface area contributed by atoms with Gasteiger partial charge in [-0.05, 0) is 24.3 Å². The number of nitrogens with zero attached hydrogens (tertiary/aromatic N) is 1. The summed E-state index contributed by atoms with van der Waals surface area (Å²) in [7, 11) is 3.19. The van der Waals surface area contributed by atoms with Crippen LogP contribution in [0.15, 0.2) is 42.5 Å². The van der Waals surface area contributed by atoms with Gasteiger partial charge in [0, 0.05) is 29.2 Å². The SMILES string of the molecule is COc1ccccc1CN(C)C(=O)COC(=O)c1cc(Cl)cc(Cl)c1. The quantitative estimate of drug-likeness (QED) is 0.713. The summed E-state index contributed by atoms with van der Waals surface area (Å²) in [6.45, 7) is -0.0436. The van der Waals surface area contributed by atoms with E-state index < -0.39 is 5.97 Å². The molecule has 0 aliphatic heterocycles. The zero-order valence-electron chi connectivity index (χ0n) is 13.8. The van der Waals surface area contributed by atoms with Crippen molar-refractivity contribution in [2.45, 2.75) is 6.54 Å². The normalized spacial score (nSPS) is 10.2. The molecule has 0 N–H and O–H groups in total. The Balaban J connectivity index is 1.94. The van der Waals surface area contributed by atoms with E-state index in [9.17, 15) is 9.59 Å². The van der Waals surface area contributed by atoms with Gasteiger partial charge in [0.1, 0.15) is 5.75 Å². The number of ether oxygens (including phenoxy) is 2. The van der Waals surface area contributed by atoms with Gasteiger partial charge in [-0.2, -0.15) is 0 Å². The van der Waals surface area contributed by atoms with Gasteiger partial charge in [-0.3, -0.25) is 4.79 Å². The lowest BCUT2D eigenvalue weighted by Gasteiger charge is -2.18. The molecule has 0 aliphatic rings. The molecular formula is C18H17Cl2NO4. The van der Waals surface area contributed by atoms with E-state index in [0.29, 0.717) is 22.3 Å². The number of hydrogen-bond acceptors (Lipinski definition) is 4. The molecule has 0 heterocycles. The number of hydrogen-bond donors (Lipinski definition) is 0. The zero-order valence-corrected chi connectivity index (χ0v) is 15.3. The highest BCUT2D eigenvalue weighted by molar-refractivity contribution is 6.35. The third-order valence-electron chi connectivity index (χ3n) is 3.45. The lowest BCUT2D eigenvalue weighted by atomic mass is 10.2. The van der Waals surface area contributed by atoms with Crippen LogP contribution >= 0.6 is 23.2 Å². The van der Waals surface area contributed by atoms with Gasteiger partial charge < -0.3 is 14.4 Å². The molecule has 2 aromatic carbocycles. The van der Waals surface area contributed by atoms with Crippen molar-refractivity contribution in [3.8, 4) is 5.75 Å². The summed E-state index contributed by atoms with van der Waals surface area (Å²) in [4.78, 5) is 25.6. The second-order valence-corrected chi connectivity index (χ2v) is 6.17. The first-order chi connectivity index (χ1) is 11.9. The molecule has 0 spiro atoms. The molecule has 0 fully saturated rings. The maximum atomic E-state index is 12.2. The van der Waals surface area contributed by atoms with Crippen LogP contribution in [-0.4, -0.2) is 37.5 Å².